The summed E-state index contributed by atoms with van der Waals surface area (Å²) in [6, 6.07) is 10.9. The highest BCUT2D eigenvalue weighted by Gasteiger charge is 2.16. The van der Waals surface area contributed by atoms with Crippen LogP contribution < -0.4 is 0 Å². The van der Waals surface area contributed by atoms with Gasteiger partial charge in [-0.1, -0.05) is 12.1 Å². The lowest BCUT2D eigenvalue weighted by Gasteiger charge is -2.18. The van der Waals surface area contributed by atoms with Gasteiger partial charge < -0.3 is 10.0 Å². The lowest BCUT2D eigenvalue weighted by molar-refractivity contribution is 0.0782. The van der Waals surface area contributed by atoms with Crippen molar-refractivity contribution in [3.63, 3.8) is 0 Å². The van der Waals surface area contributed by atoms with Crippen molar-refractivity contribution < 1.29 is 14.3 Å². The maximum atomic E-state index is 13.1. The van der Waals surface area contributed by atoms with Gasteiger partial charge in [-0.25, -0.2) is 4.39 Å². The van der Waals surface area contributed by atoms with E-state index in [4.69, 9.17) is 0 Å². The fraction of sp³-hybridized carbons (Fsp3) is 0.133. The minimum Gasteiger partial charge on any atom is -0.507 e. The standard InChI is InChI=1S/C15H13FINO2/c1-18(9-10-3-2-4-11(16)7-10)15(20)13-8-12(17)5-6-14(13)19/h2-8,19H,9H2,1H3. The van der Waals surface area contributed by atoms with Crippen molar-refractivity contribution in [2.75, 3.05) is 7.05 Å². The minimum absolute atomic E-state index is 0.0542. The van der Waals surface area contributed by atoms with E-state index in [1.807, 2.05) is 0 Å². The summed E-state index contributed by atoms with van der Waals surface area (Å²) in [6.07, 6.45) is 0. The molecule has 104 valence electrons. The molecular formula is C15H13FINO2. The Bertz CT molecular complexity index is 646. The number of carbonyl (C=O) groups is 1. The molecule has 2 aromatic rings. The smallest absolute Gasteiger partial charge is 0.257 e. The Labute approximate surface area is 130 Å². The first-order valence-corrected chi connectivity index (χ1v) is 7.03. The molecule has 0 saturated carbocycles. The predicted octanol–water partition coefficient (Wildman–Crippen LogP) is 3.41. The zero-order valence-corrected chi connectivity index (χ0v) is 13.0. The first-order valence-electron chi connectivity index (χ1n) is 5.96. The molecule has 0 aliphatic rings. The molecule has 0 radical (unpaired) electrons. The van der Waals surface area contributed by atoms with Crippen LogP contribution in [0.2, 0.25) is 0 Å². The van der Waals surface area contributed by atoms with Crippen LogP contribution in [0.25, 0.3) is 0 Å². The molecule has 0 saturated heterocycles. The van der Waals surface area contributed by atoms with Crippen LogP contribution in [0, 0.1) is 9.39 Å². The summed E-state index contributed by atoms with van der Waals surface area (Å²) in [6.45, 7) is 0.279. The van der Waals surface area contributed by atoms with Crippen LogP contribution in [0.4, 0.5) is 4.39 Å². The third kappa shape index (κ3) is 3.47. The number of amides is 1. The van der Waals surface area contributed by atoms with Crippen molar-refractivity contribution in [3.8, 4) is 5.75 Å². The lowest BCUT2D eigenvalue weighted by Crippen LogP contribution is -2.26. The van der Waals surface area contributed by atoms with E-state index in [0.717, 1.165) is 3.57 Å². The fourth-order valence-electron chi connectivity index (χ4n) is 1.87. The zero-order chi connectivity index (χ0) is 14.7. The Hall–Kier alpha value is -1.63. The van der Waals surface area contributed by atoms with Crippen molar-refractivity contribution in [3.05, 3.63) is 63.0 Å². The summed E-state index contributed by atoms with van der Waals surface area (Å²) >= 11 is 2.08. The average Bonchev–Trinajstić information content (AvgIpc) is 2.40. The van der Waals surface area contributed by atoms with E-state index in [1.54, 1.807) is 31.3 Å². The molecule has 0 spiro atoms. The maximum Gasteiger partial charge on any atom is 0.257 e. The molecule has 0 aliphatic carbocycles. The maximum absolute atomic E-state index is 13.1. The van der Waals surface area contributed by atoms with Crippen LogP contribution in [0.1, 0.15) is 15.9 Å². The van der Waals surface area contributed by atoms with Gasteiger partial charge in [0.25, 0.3) is 5.91 Å². The van der Waals surface area contributed by atoms with E-state index >= 15 is 0 Å². The van der Waals surface area contributed by atoms with Crippen molar-refractivity contribution in [2.24, 2.45) is 0 Å². The molecule has 0 heterocycles. The third-order valence-electron chi connectivity index (χ3n) is 2.84. The Morgan fingerprint density at radius 1 is 1.30 bits per heavy atom. The number of nitrogens with zero attached hydrogens (tertiary/aromatic N) is 1. The van der Waals surface area contributed by atoms with Crippen LogP contribution in [0.3, 0.4) is 0 Å². The Morgan fingerprint density at radius 2 is 2.05 bits per heavy atom. The molecule has 1 amide bonds. The number of hydrogen-bond donors (Lipinski definition) is 1. The fourth-order valence-corrected chi connectivity index (χ4v) is 2.36. The molecule has 0 aromatic heterocycles. The number of aromatic hydroxyl groups is 1. The van der Waals surface area contributed by atoms with E-state index in [-0.39, 0.29) is 29.6 Å². The molecule has 3 nitrogen and oxygen atoms in total. The van der Waals surface area contributed by atoms with E-state index in [1.165, 1.54) is 23.1 Å². The molecule has 2 aromatic carbocycles. The predicted molar refractivity (Wildman–Crippen MR) is 83.0 cm³/mol. The van der Waals surface area contributed by atoms with E-state index in [9.17, 15) is 14.3 Å². The monoisotopic (exact) mass is 385 g/mol. The van der Waals surface area contributed by atoms with Crippen LogP contribution in [0.5, 0.6) is 5.75 Å². The summed E-state index contributed by atoms with van der Waals surface area (Å²) in [5, 5.41) is 9.75. The van der Waals surface area contributed by atoms with Gasteiger partial charge in [0.2, 0.25) is 0 Å². The van der Waals surface area contributed by atoms with Crippen LogP contribution in [-0.4, -0.2) is 23.0 Å². The Kier molecular flexibility index (Phi) is 4.59. The van der Waals surface area contributed by atoms with Crippen molar-refractivity contribution in [1.29, 1.82) is 0 Å². The second-order valence-electron chi connectivity index (χ2n) is 4.45. The van der Waals surface area contributed by atoms with Crippen LogP contribution in [0.15, 0.2) is 42.5 Å². The highest BCUT2D eigenvalue weighted by molar-refractivity contribution is 14.1. The lowest BCUT2D eigenvalue weighted by atomic mass is 10.1. The van der Waals surface area contributed by atoms with Gasteiger partial charge in [0.05, 0.1) is 5.56 Å². The van der Waals surface area contributed by atoms with Gasteiger partial charge in [0.15, 0.2) is 0 Å². The highest BCUT2D eigenvalue weighted by Crippen LogP contribution is 2.21. The van der Waals surface area contributed by atoms with Crippen molar-refractivity contribution >= 4 is 28.5 Å². The van der Waals surface area contributed by atoms with Crippen LogP contribution in [-0.2, 0) is 6.54 Å². The van der Waals surface area contributed by atoms with E-state index < -0.39 is 0 Å². The molecule has 0 atom stereocenters. The van der Waals surface area contributed by atoms with Gasteiger partial charge in [-0.05, 0) is 58.5 Å². The number of phenols is 1. The quantitative estimate of drug-likeness (QED) is 0.823. The third-order valence-corrected chi connectivity index (χ3v) is 3.52. The molecule has 20 heavy (non-hydrogen) atoms. The summed E-state index contributed by atoms with van der Waals surface area (Å²) in [5.41, 5.74) is 0.946. The number of phenolic OH excluding ortho intramolecular Hbond substituents is 1. The molecule has 2 rings (SSSR count). The summed E-state index contributed by atoms with van der Waals surface area (Å²) in [7, 11) is 1.62. The SMILES string of the molecule is CN(Cc1cccc(F)c1)C(=O)c1cc(I)ccc1O. The summed E-state index contributed by atoms with van der Waals surface area (Å²) in [5.74, 6) is -0.688. The number of carbonyl (C=O) groups excluding carboxylic acids is 1. The highest BCUT2D eigenvalue weighted by atomic mass is 127. The first kappa shape index (κ1) is 14.8. The normalized spacial score (nSPS) is 10.3. The largest absolute Gasteiger partial charge is 0.507 e. The number of rotatable bonds is 3. The molecule has 1 N–H and O–H groups in total. The van der Waals surface area contributed by atoms with Gasteiger partial charge in [-0.3, -0.25) is 4.79 Å². The molecule has 0 aliphatic heterocycles. The van der Waals surface area contributed by atoms with Crippen molar-refractivity contribution in [1.82, 2.24) is 4.90 Å². The average molecular weight is 385 g/mol. The summed E-state index contributed by atoms with van der Waals surface area (Å²) < 4.78 is 14.0. The Morgan fingerprint density at radius 3 is 2.75 bits per heavy atom. The minimum atomic E-state index is -0.333. The first-order chi connectivity index (χ1) is 9.47. The van der Waals surface area contributed by atoms with E-state index in [0.29, 0.717) is 5.56 Å². The van der Waals surface area contributed by atoms with Crippen LogP contribution >= 0.6 is 22.6 Å². The molecule has 0 unspecified atom stereocenters. The second-order valence-corrected chi connectivity index (χ2v) is 5.70. The van der Waals surface area contributed by atoms with Gasteiger partial charge in [0.1, 0.15) is 11.6 Å². The van der Waals surface area contributed by atoms with Crippen molar-refractivity contribution in [2.45, 2.75) is 6.54 Å². The number of halogens is 2. The molecule has 0 fully saturated rings. The second kappa shape index (κ2) is 6.21. The molecule has 0 bridgehead atoms. The van der Waals surface area contributed by atoms with Gasteiger partial charge in [0, 0.05) is 17.2 Å². The van der Waals surface area contributed by atoms with Gasteiger partial charge in [-0.15, -0.1) is 0 Å². The molecular weight excluding hydrogens is 372 g/mol. The number of hydrogen-bond acceptors (Lipinski definition) is 2. The number of benzene rings is 2. The van der Waals surface area contributed by atoms with Gasteiger partial charge >= 0.3 is 0 Å². The van der Waals surface area contributed by atoms with E-state index in [2.05, 4.69) is 22.6 Å². The molecule has 5 heteroatoms. The Balaban J connectivity index is 2.18. The van der Waals surface area contributed by atoms with Gasteiger partial charge in [-0.2, -0.15) is 0 Å². The topological polar surface area (TPSA) is 40.5 Å². The zero-order valence-electron chi connectivity index (χ0n) is 10.8. The summed E-state index contributed by atoms with van der Waals surface area (Å²) in [4.78, 5) is 13.7.